The maximum atomic E-state index is 12.2. The molecule has 23 heavy (non-hydrogen) atoms. The molecule has 0 radical (unpaired) electrons. The summed E-state index contributed by atoms with van der Waals surface area (Å²) in [6, 6.07) is 11.0. The Morgan fingerprint density at radius 2 is 1.87 bits per heavy atom. The van der Waals surface area contributed by atoms with Gasteiger partial charge >= 0.3 is 0 Å². The van der Waals surface area contributed by atoms with Gasteiger partial charge in [-0.25, -0.2) is 0 Å². The zero-order valence-electron chi connectivity index (χ0n) is 13.9. The number of carbonyl (C=O) groups excluding carboxylic acids is 2. The number of hydrogen-bond donors (Lipinski definition) is 1. The third-order valence-electron chi connectivity index (χ3n) is 3.67. The molecule has 1 heterocycles. The maximum Gasteiger partial charge on any atom is 0.254 e. The summed E-state index contributed by atoms with van der Waals surface area (Å²) < 4.78 is 0. The lowest BCUT2D eigenvalue weighted by atomic mass is 10.1. The number of amides is 2. The van der Waals surface area contributed by atoms with Gasteiger partial charge in [0.05, 0.1) is 12.6 Å². The molecule has 0 fully saturated rings. The number of hydrogen-bond acceptors (Lipinski definition) is 3. The topological polar surface area (TPSA) is 49.4 Å². The summed E-state index contributed by atoms with van der Waals surface area (Å²) >= 11 is 1.72. The van der Waals surface area contributed by atoms with Gasteiger partial charge in [-0.1, -0.05) is 18.2 Å². The van der Waals surface area contributed by atoms with Gasteiger partial charge < -0.3 is 10.2 Å². The predicted molar refractivity (Wildman–Crippen MR) is 93.8 cm³/mol. The van der Waals surface area contributed by atoms with Crippen LogP contribution in [-0.4, -0.2) is 30.3 Å². The molecule has 1 aromatic carbocycles. The molecule has 4 nitrogen and oxygen atoms in total. The molecule has 122 valence electrons. The van der Waals surface area contributed by atoms with E-state index in [0.29, 0.717) is 5.56 Å². The summed E-state index contributed by atoms with van der Waals surface area (Å²) in [7, 11) is 1.64. The number of carbonyl (C=O) groups is 2. The van der Waals surface area contributed by atoms with Gasteiger partial charge in [0.25, 0.3) is 5.91 Å². The molecule has 0 aliphatic rings. The first-order valence-electron chi connectivity index (χ1n) is 7.55. The molecule has 0 aliphatic heterocycles. The molecule has 2 amide bonds. The van der Waals surface area contributed by atoms with Crippen molar-refractivity contribution in [2.75, 3.05) is 13.6 Å². The van der Waals surface area contributed by atoms with Crippen molar-refractivity contribution in [3.05, 3.63) is 57.3 Å². The molecular weight excluding hydrogens is 308 g/mol. The highest BCUT2D eigenvalue weighted by molar-refractivity contribution is 7.12. The molecule has 1 unspecified atom stereocenters. The van der Waals surface area contributed by atoms with E-state index < -0.39 is 0 Å². The second-order valence-corrected chi connectivity index (χ2v) is 7.15. The zero-order chi connectivity index (χ0) is 17.0. The van der Waals surface area contributed by atoms with Crippen molar-refractivity contribution < 1.29 is 9.59 Å². The molecule has 0 spiro atoms. The number of nitrogens with zero attached hydrogens (tertiary/aromatic N) is 1. The Bertz CT molecular complexity index is 694. The zero-order valence-corrected chi connectivity index (χ0v) is 14.7. The first-order chi connectivity index (χ1) is 10.9. The van der Waals surface area contributed by atoms with Gasteiger partial charge in [-0.2, -0.15) is 0 Å². The first kappa shape index (κ1) is 17.2. The van der Waals surface area contributed by atoms with Gasteiger partial charge in [0.1, 0.15) is 0 Å². The van der Waals surface area contributed by atoms with Crippen molar-refractivity contribution in [2.45, 2.75) is 26.8 Å². The molecule has 0 bridgehead atoms. The van der Waals surface area contributed by atoms with Crippen LogP contribution in [0.1, 0.15) is 38.6 Å². The van der Waals surface area contributed by atoms with Crippen molar-refractivity contribution in [1.82, 2.24) is 10.2 Å². The van der Waals surface area contributed by atoms with Crippen LogP contribution in [-0.2, 0) is 4.79 Å². The summed E-state index contributed by atoms with van der Waals surface area (Å²) in [6.07, 6.45) is 0. The summed E-state index contributed by atoms with van der Waals surface area (Å²) in [5, 5.41) is 2.96. The Balaban J connectivity index is 1.94. The van der Waals surface area contributed by atoms with E-state index in [4.69, 9.17) is 0 Å². The lowest BCUT2D eigenvalue weighted by molar-refractivity contribution is -0.122. The Hall–Kier alpha value is -2.14. The van der Waals surface area contributed by atoms with Gasteiger partial charge in [-0.15, -0.1) is 11.3 Å². The van der Waals surface area contributed by atoms with Crippen molar-refractivity contribution in [1.29, 1.82) is 0 Å². The quantitative estimate of drug-likeness (QED) is 0.914. The first-order valence-corrected chi connectivity index (χ1v) is 8.37. The third-order valence-corrected chi connectivity index (χ3v) is 4.65. The predicted octanol–water partition coefficient (Wildman–Crippen LogP) is 3.31. The van der Waals surface area contributed by atoms with E-state index >= 15 is 0 Å². The van der Waals surface area contributed by atoms with Gasteiger partial charge in [-0.05, 0) is 44.5 Å². The van der Waals surface area contributed by atoms with Crippen LogP contribution in [0.4, 0.5) is 0 Å². The molecule has 1 aromatic heterocycles. The Morgan fingerprint density at radius 3 is 2.43 bits per heavy atom. The smallest absolute Gasteiger partial charge is 0.254 e. The Morgan fingerprint density at radius 1 is 1.22 bits per heavy atom. The molecule has 0 saturated heterocycles. The van der Waals surface area contributed by atoms with Crippen LogP contribution >= 0.6 is 11.3 Å². The number of thiophene rings is 1. The molecule has 1 N–H and O–H groups in total. The monoisotopic (exact) mass is 330 g/mol. The number of likely N-dealkylation sites (N-methyl/N-ethyl adjacent to an activating group) is 1. The highest BCUT2D eigenvalue weighted by atomic mass is 32.1. The molecule has 0 aliphatic carbocycles. The van der Waals surface area contributed by atoms with Crippen molar-refractivity contribution >= 4 is 23.2 Å². The molecule has 2 aromatic rings. The lowest BCUT2D eigenvalue weighted by Crippen LogP contribution is -2.39. The van der Waals surface area contributed by atoms with Crippen LogP contribution in [0.25, 0.3) is 0 Å². The lowest BCUT2D eigenvalue weighted by Gasteiger charge is -2.19. The maximum absolute atomic E-state index is 12.2. The number of aryl methyl sites for hydroxylation is 2. The van der Waals surface area contributed by atoms with E-state index in [-0.39, 0.29) is 24.4 Å². The number of benzene rings is 1. The molecule has 5 heteroatoms. The fourth-order valence-electron chi connectivity index (χ4n) is 2.53. The van der Waals surface area contributed by atoms with Crippen molar-refractivity contribution in [3.63, 3.8) is 0 Å². The Labute approximate surface area is 141 Å². The standard InChI is InChI=1S/C18H22N2O2S/c1-12-10-16(14(3)23-12)13(2)19-17(21)11-20(4)18(22)15-8-6-5-7-9-15/h5-10,13H,11H2,1-4H3,(H,19,21). The molecule has 1 atom stereocenters. The highest BCUT2D eigenvalue weighted by Crippen LogP contribution is 2.26. The highest BCUT2D eigenvalue weighted by Gasteiger charge is 2.18. The normalized spacial score (nSPS) is 11.8. The summed E-state index contributed by atoms with van der Waals surface area (Å²) in [5.41, 5.74) is 1.72. The number of nitrogens with one attached hydrogen (secondary N) is 1. The van der Waals surface area contributed by atoms with Crippen LogP contribution in [0.2, 0.25) is 0 Å². The minimum Gasteiger partial charge on any atom is -0.348 e. The van der Waals surface area contributed by atoms with Crippen LogP contribution in [0.3, 0.4) is 0 Å². The van der Waals surface area contributed by atoms with Crippen molar-refractivity contribution in [3.8, 4) is 0 Å². The van der Waals surface area contributed by atoms with E-state index in [1.165, 1.54) is 14.7 Å². The molecule has 2 rings (SSSR count). The third kappa shape index (κ3) is 4.42. The van der Waals surface area contributed by atoms with E-state index in [9.17, 15) is 9.59 Å². The number of rotatable bonds is 5. The average Bonchev–Trinajstić information content (AvgIpc) is 2.86. The van der Waals surface area contributed by atoms with Crippen LogP contribution in [0.5, 0.6) is 0 Å². The van der Waals surface area contributed by atoms with E-state index in [1.807, 2.05) is 25.1 Å². The second-order valence-electron chi connectivity index (χ2n) is 5.69. The minimum atomic E-state index is -0.160. The largest absolute Gasteiger partial charge is 0.348 e. The minimum absolute atomic E-state index is 0.0419. The summed E-state index contributed by atoms with van der Waals surface area (Å²) in [4.78, 5) is 28.3. The molecule has 0 saturated carbocycles. The van der Waals surface area contributed by atoms with Gasteiger partial charge in [-0.3, -0.25) is 9.59 Å². The Kier molecular flexibility index (Phi) is 5.55. The fraction of sp³-hybridized carbons (Fsp3) is 0.333. The summed E-state index contributed by atoms with van der Waals surface area (Å²) in [6.45, 7) is 6.12. The van der Waals surface area contributed by atoms with Crippen LogP contribution in [0, 0.1) is 13.8 Å². The average molecular weight is 330 g/mol. The van der Waals surface area contributed by atoms with E-state index in [1.54, 1.807) is 30.5 Å². The second kappa shape index (κ2) is 7.42. The molecular formula is C18H22N2O2S. The van der Waals surface area contributed by atoms with Gasteiger partial charge in [0, 0.05) is 22.4 Å². The van der Waals surface area contributed by atoms with Crippen molar-refractivity contribution in [2.24, 2.45) is 0 Å². The van der Waals surface area contributed by atoms with Gasteiger partial charge in [0.2, 0.25) is 5.91 Å². The van der Waals surface area contributed by atoms with Gasteiger partial charge in [0.15, 0.2) is 0 Å². The SMILES string of the molecule is Cc1cc(C(C)NC(=O)CN(C)C(=O)c2ccccc2)c(C)s1. The van der Waals surface area contributed by atoms with Crippen LogP contribution in [0.15, 0.2) is 36.4 Å². The van der Waals surface area contributed by atoms with E-state index in [0.717, 1.165) is 5.56 Å². The fourth-order valence-corrected chi connectivity index (χ4v) is 3.56. The van der Waals surface area contributed by atoms with Crippen LogP contribution < -0.4 is 5.32 Å². The van der Waals surface area contributed by atoms with E-state index in [2.05, 4.69) is 25.2 Å². The summed E-state index contributed by atoms with van der Waals surface area (Å²) in [5.74, 6) is -0.316.